The van der Waals surface area contributed by atoms with Crippen molar-refractivity contribution in [1.82, 2.24) is 14.7 Å². The van der Waals surface area contributed by atoms with E-state index in [1.165, 1.54) is 5.57 Å². The van der Waals surface area contributed by atoms with Gasteiger partial charge in [-0.05, 0) is 76.9 Å². The molecule has 0 radical (unpaired) electrons. The van der Waals surface area contributed by atoms with Gasteiger partial charge in [0.15, 0.2) is 11.5 Å². The number of nitrogens with zero attached hydrogens (tertiary/aromatic N) is 3. The number of unbranched alkanes of at least 4 members (excludes halogenated alkanes) is 1. The predicted octanol–water partition coefficient (Wildman–Crippen LogP) is 4.86. The van der Waals surface area contributed by atoms with Gasteiger partial charge in [-0.25, -0.2) is 0 Å². The zero-order valence-electron chi connectivity index (χ0n) is 26.4. The third-order valence-corrected chi connectivity index (χ3v) is 8.06. The molecule has 2 aliphatic rings. The molecule has 1 aromatic carbocycles. The highest BCUT2D eigenvalue weighted by Crippen LogP contribution is 2.48. The number of likely N-dealkylation sites (tertiary alicyclic amines) is 1. The lowest BCUT2D eigenvalue weighted by Gasteiger charge is -2.34. The van der Waals surface area contributed by atoms with E-state index < -0.39 is 11.9 Å². The van der Waals surface area contributed by atoms with E-state index in [9.17, 15) is 14.7 Å². The summed E-state index contributed by atoms with van der Waals surface area (Å²) in [6, 6.07) is 3.43. The molecule has 1 aromatic rings. The SMILES string of the molecule is CCCCN(CCCN(C)C)C(=O)CN1C[C@H](c2cc(OC)c3c(c2)OCO3)C(C(=O)O)[C@@H]1CC(C)(C)C=C(C)C. The van der Waals surface area contributed by atoms with Crippen LogP contribution in [0.15, 0.2) is 23.8 Å². The zero-order chi connectivity index (χ0) is 30.3. The summed E-state index contributed by atoms with van der Waals surface area (Å²) in [6.07, 6.45) is 5.68. The standard InChI is InChI=1S/C32H51N3O6/c1-9-10-13-34(14-11-12-33(6)7)28(36)20-35-19-24(23-15-26(39-8)30-27(16-23)40-21-41-30)29(31(37)38)25(35)18-32(4,5)17-22(2)3/h15-17,24-25,29H,9-14,18-21H2,1-8H3,(H,37,38)/t24-,25+,29?/m1/s1. The topological polar surface area (TPSA) is 91.8 Å². The summed E-state index contributed by atoms with van der Waals surface area (Å²) in [5, 5.41) is 10.6. The Bertz CT molecular complexity index is 1080. The molecular formula is C32H51N3O6. The van der Waals surface area contributed by atoms with Gasteiger partial charge in [0.1, 0.15) is 0 Å². The van der Waals surface area contributed by atoms with Crippen molar-refractivity contribution in [3.05, 3.63) is 29.3 Å². The van der Waals surface area contributed by atoms with E-state index >= 15 is 0 Å². The van der Waals surface area contributed by atoms with Crippen molar-refractivity contribution in [1.29, 1.82) is 0 Å². The number of ether oxygens (including phenoxy) is 3. The number of carboxylic acid groups (broad SMARTS) is 1. The van der Waals surface area contributed by atoms with Gasteiger partial charge in [0.25, 0.3) is 0 Å². The maximum absolute atomic E-state index is 13.8. The van der Waals surface area contributed by atoms with Gasteiger partial charge in [0, 0.05) is 31.6 Å². The maximum atomic E-state index is 13.8. The summed E-state index contributed by atoms with van der Waals surface area (Å²) in [4.78, 5) is 33.0. The number of fused-ring (bicyclic) bond motifs is 1. The summed E-state index contributed by atoms with van der Waals surface area (Å²) in [5.41, 5.74) is 1.77. The number of carbonyl (C=O) groups excluding carboxylic acids is 1. The minimum Gasteiger partial charge on any atom is -0.493 e. The fourth-order valence-corrected chi connectivity index (χ4v) is 6.39. The number of benzene rings is 1. The van der Waals surface area contributed by atoms with E-state index in [1.54, 1.807) is 7.11 Å². The lowest BCUT2D eigenvalue weighted by molar-refractivity contribution is -0.144. The van der Waals surface area contributed by atoms with Crippen LogP contribution in [0.25, 0.3) is 0 Å². The Kier molecular flexibility index (Phi) is 11.5. The molecule has 230 valence electrons. The Morgan fingerprint density at radius 2 is 1.85 bits per heavy atom. The van der Waals surface area contributed by atoms with Crippen LogP contribution in [0.2, 0.25) is 0 Å². The molecular weight excluding hydrogens is 522 g/mol. The van der Waals surface area contributed by atoms with Crippen molar-refractivity contribution in [2.75, 3.05) is 60.7 Å². The number of aliphatic carboxylic acids is 1. The Morgan fingerprint density at radius 3 is 2.46 bits per heavy atom. The summed E-state index contributed by atoms with van der Waals surface area (Å²) in [5.74, 6) is -0.195. The molecule has 1 unspecified atom stereocenters. The van der Waals surface area contributed by atoms with Gasteiger partial charge < -0.3 is 29.1 Å². The minimum absolute atomic E-state index is 0.0651. The van der Waals surface area contributed by atoms with Crippen LogP contribution in [-0.2, 0) is 9.59 Å². The van der Waals surface area contributed by atoms with Gasteiger partial charge in [-0.1, -0.05) is 38.8 Å². The summed E-state index contributed by atoms with van der Waals surface area (Å²) in [7, 11) is 5.65. The van der Waals surface area contributed by atoms with Crippen LogP contribution in [0.4, 0.5) is 0 Å². The number of hydrogen-bond donors (Lipinski definition) is 1. The van der Waals surface area contributed by atoms with Crippen LogP contribution >= 0.6 is 0 Å². The van der Waals surface area contributed by atoms with E-state index in [2.05, 4.69) is 50.5 Å². The van der Waals surface area contributed by atoms with Crippen LogP contribution in [0, 0.1) is 11.3 Å². The molecule has 1 saturated heterocycles. The first-order chi connectivity index (χ1) is 19.4. The van der Waals surface area contributed by atoms with Crippen molar-refractivity contribution >= 4 is 11.9 Å². The Balaban J connectivity index is 1.97. The molecule has 3 rings (SSSR count). The fraction of sp³-hybridized carbons (Fsp3) is 0.688. The van der Waals surface area contributed by atoms with Crippen LogP contribution in [0.1, 0.15) is 71.8 Å². The Morgan fingerprint density at radius 1 is 1.15 bits per heavy atom. The molecule has 0 aromatic heterocycles. The number of hydrogen-bond acceptors (Lipinski definition) is 7. The molecule has 0 aliphatic carbocycles. The average molecular weight is 574 g/mol. The molecule has 0 bridgehead atoms. The number of rotatable bonds is 15. The molecule has 0 saturated carbocycles. The smallest absolute Gasteiger partial charge is 0.308 e. The number of carboxylic acids is 1. The molecule has 41 heavy (non-hydrogen) atoms. The molecule has 9 heteroatoms. The van der Waals surface area contributed by atoms with Crippen LogP contribution < -0.4 is 14.2 Å². The molecule has 1 N–H and O–H groups in total. The largest absolute Gasteiger partial charge is 0.493 e. The average Bonchev–Trinajstić information content (AvgIpc) is 3.49. The Labute approximate surface area is 246 Å². The minimum atomic E-state index is -0.853. The normalized spacial score (nSPS) is 20.4. The molecule has 2 aliphatic heterocycles. The number of carbonyl (C=O) groups is 2. The monoisotopic (exact) mass is 573 g/mol. The quantitative estimate of drug-likeness (QED) is 0.298. The van der Waals surface area contributed by atoms with Crippen LogP contribution in [-0.4, -0.2) is 98.4 Å². The van der Waals surface area contributed by atoms with E-state index in [4.69, 9.17) is 14.2 Å². The fourth-order valence-electron chi connectivity index (χ4n) is 6.39. The lowest BCUT2D eigenvalue weighted by atomic mass is 9.77. The second-order valence-corrected chi connectivity index (χ2v) is 12.7. The van der Waals surface area contributed by atoms with Gasteiger partial charge in [-0.2, -0.15) is 0 Å². The van der Waals surface area contributed by atoms with Crippen LogP contribution in [0.3, 0.4) is 0 Å². The second-order valence-electron chi connectivity index (χ2n) is 12.7. The second kappa shape index (κ2) is 14.4. The van der Waals surface area contributed by atoms with Gasteiger partial charge in [-0.3, -0.25) is 14.5 Å². The number of allylic oxidation sites excluding steroid dienone is 2. The number of methoxy groups -OCH3 is 1. The first kappa shape index (κ1) is 32.7. The van der Waals surface area contributed by atoms with Crippen molar-refractivity contribution in [2.45, 2.75) is 72.3 Å². The molecule has 9 nitrogen and oxygen atoms in total. The maximum Gasteiger partial charge on any atom is 0.308 e. The third kappa shape index (κ3) is 8.61. The zero-order valence-corrected chi connectivity index (χ0v) is 26.4. The first-order valence-corrected chi connectivity index (χ1v) is 14.9. The first-order valence-electron chi connectivity index (χ1n) is 14.9. The van der Waals surface area contributed by atoms with E-state index in [-0.39, 0.29) is 36.6 Å². The molecule has 1 amide bonds. The molecule has 3 atom stereocenters. The van der Waals surface area contributed by atoms with Gasteiger partial charge >= 0.3 is 5.97 Å². The van der Waals surface area contributed by atoms with Crippen LogP contribution in [0.5, 0.6) is 17.2 Å². The summed E-state index contributed by atoms with van der Waals surface area (Å²) < 4.78 is 16.8. The van der Waals surface area contributed by atoms with Gasteiger partial charge in [0.05, 0.1) is 19.6 Å². The van der Waals surface area contributed by atoms with Gasteiger partial charge in [0.2, 0.25) is 18.4 Å². The number of amides is 1. The highest BCUT2D eigenvalue weighted by atomic mass is 16.7. The van der Waals surface area contributed by atoms with Crippen molar-refractivity contribution in [3.63, 3.8) is 0 Å². The van der Waals surface area contributed by atoms with E-state index in [1.807, 2.05) is 31.1 Å². The third-order valence-electron chi connectivity index (χ3n) is 8.06. The van der Waals surface area contributed by atoms with E-state index in [0.29, 0.717) is 36.8 Å². The van der Waals surface area contributed by atoms with E-state index in [0.717, 1.165) is 37.9 Å². The summed E-state index contributed by atoms with van der Waals surface area (Å²) >= 11 is 0. The highest BCUT2D eigenvalue weighted by molar-refractivity contribution is 5.79. The molecule has 0 spiro atoms. The highest BCUT2D eigenvalue weighted by Gasteiger charge is 2.49. The van der Waals surface area contributed by atoms with Crippen molar-refractivity contribution in [2.24, 2.45) is 11.3 Å². The van der Waals surface area contributed by atoms with Crippen molar-refractivity contribution < 1.29 is 28.9 Å². The predicted molar refractivity (Wildman–Crippen MR) is 161 cm³/mol. The molecule has 2 heterocycles. The molecule has 1 fully saturated rings. The Hall–Kier alpha value is -2.78. The van der Waals surface area contributed by atoms with Gasteiger partial charge in [-0.15, -0.1) is 0 Å². The van der Waals surface area contributed by atoms with Crippen molar-refractivity contribution in [3.8, 4) is 17.2 Å². The summed E-state index contributed by atoms with van der Waals surface area (Å²) in [6.45, 7) is 13.6. The lowest BCUT2D eigenvalue weighted by Crippen LogP contribution is -2.46.